The van der Waals surface area contributed by atoms with Crippen molar-refractivity contribution in [1.82, 2.24) is 20.5 Å². The fourth-order valence-electron chi connectivity index (χ4n) is 7.12. The van der Waals surface area contributed by atoms with Gasteiger partial charge in [0.2, 0.25) is 11.8 Å². The molecule has 2 aliphatic carbocycles. The number of nitrogens with one attached hydrogen (secondary N) is 3. The van der Waals surface area contributed by atoms with Crippen molar-refractivity contribution in [3.63, 3.8) is 0 Å². The fraction of sp³-hybridized carbons (Fsp3) is 0.621. The molecule has 3 fully saturated rings. The van der Waals surface area contributed by atoms with Crippen LogP contribution in [-0.2, 0) is 19.7 Å². The number of aliphatic hydroxyl groups excluding tert-OH is 1. The minimum absolute atomic E-state index is 0. The van der Waals surface area contributed by atoms with Crippen molar-refractivity contribution in [2.75, 3.05) is 6.54 Å². The van der Waals surface area contributed by atoms with E-state index in [1.54, 1.807) is 6.07 Å². The number of aromatic amines is 1. The first kappa shape index (κ1) is 32.9. The van der Waals surface area contributed by atoms with E-state index in [-0.39, 0.29) is 58.6 Å². The summed E-state index contributed by atoms with van der Waals surface area (Å²) in [4.78, 5) is 45.9. The second-order valence-electron chi connectivity index (χ2n) is 12.6. The maximum absolute atomic E-state index is 14.2. The Morgan fingerprint density at radius 1 is 1.14 bits per heavy atom. The Bertz CT molecular complexity index is 1470. The minimum atomic E-state index is -5.05. The van der Waals surface area contributed by atoms with E-state index in [9.17, 15) is 32.5 Å². The molecule has 13 heteroatoms. The number of hydrogen-bond donors (Lipinski definition) is 4. The molecule has 6 atom stereocenters. The number of aryl methyl sites for hydroxylation is 1. The summed E-state index contributed by atoms with van der Waals surface area (Å²) in [5.41, 5.74) is -0.324. The third kappa shape index (κ3) is 6.16. The minimum Gasteiger partial charge on any atom is -0.746 e. The van der Waals surface area contributed by atoms with Crippen LogP contribution in [-0.4, -0.2) is 75.8 Å². The van der Waals surface area contributed by atoms with E-state index in [4.69, 9.17) is 0 Å². The first-order chi connectivity index (χ1) is 19.2. The molecule has 1 aliphatic heterocycles. The number of H-pyrrole nitrogens is 1. The number of rotatable bonds is 8. The van der Waals surface area contributed by atoms with Crippen molar-refractivity contribution in [2.45, 2.75) is 83.4 Å². The Balaban J connectivity index is 0.00000405. The maximum atomic E-state index is 14.2. The van der Waals surface area contributed by atoms with Crippen molar-refractivity contribution in [1.29, 1.82) is 0 Å². The number of aromatic nitrogens is 1. The molecule has 0 bridgehead atoms. The van der Waals surface area contributed by atoms with E-state index in [2.05, 4.69) is 15.6 Å². The van der Waals surface area contributed by atoms with Crippen LogP contribution in [0.1, 0.15) is 68.9 Å². The van der Waals surface area contributed by atoms with Gasteiger partial charge in [0.05, 0.1) is 6.04 Å². The molecule has 1 aromatic heterocycles. The zero-order valence-corrected chi connectivity index (χ0v) is 27.7. The fourth-order valence-corrected chi connectivity index (χ4v) is 7.69. The van der Waals surface area contributed by atoms with Crippen LogP contribution >= 0.6 is 0 Å². The first-order valence-electron chi connectivity index (χ1n) is 14.3. The Morgan fingerprint density at radius 2 is 1.81 bits per heavy atom. The van der Waals surface area contributed by atoms with Crippen LogP contribution in [0.2, 0.25) is 0 Å². The zero-order chi connectivity index (χ0) is 29.9. The van der Waals surface area contributed by atoms with Crippen LogP contribution in [0.15, 0.2) is 24.3 Å². The summed E-state index contributed by atoms with van der Waals surface area (Å²) in [5.74, 6) is -1.56. The number of likely N-dealkylation sites (tertiary alicyclic amines) is 1. The van der Waals surface area contributed by atoms with E-state index >= 15 is 0 Å². The third-order valence-corrected chi connectivity index (χ3v) is 10.7. The van der Waals surface area contributed by atoms with Gasteiger partial charge in [-0.3, -0.25) is 14.4 Å². The van der Waals surface area contributed by atoms with Crippen LogP contribution in [0.25, 0.3) is 10.9 Å². The summed E-state index contributed by atoms with van der Waals surface area (Å²) in [6.45, 7) is 7.56. The molecule has 11 nitrogen and oxygen atoms in total. The van der Waals surface area contributed by atoms with Gasteiger partial charge in [0.25, 0.3) is 5.91 Å². The Kier molecular flexibility index (Phi) is 9.57. The quantitative estimate of drug-likeness (QED) is 0.220. The second-order valence-corrected chi connectivity index (χ2v) is 14.1. The van der Waals surface area contributed by atoms with Gasteiger partial charge in [0.1, 0.15) is 27.9 Å². The molecule has 3 amide bonds. The number of nitrogens with zero attached hydrogens (tertiary/aromatic N) is 1. The Morgan fingerprint density at radius 3 is 2.43 bits per heavy atom. The average molecular weight is 611 g/mol. The third-order valence-electron chi connectivity index (χ3n) is 9.65. The monoisotopic (exact) mass is 610 g/mol. The number of hydrogen-bond acceptors (Lipinski definition) is 7. The van der Waals surface area contributed by atoms with Crippen LogP contribution < -0.4 is 40.2 Å². The van der Waals surface area contributed by atoms with E-state index < -0.39 is 45.5 Å². The molecule has 0 spiro atoms. The van der Waals surface area contributed by atoms with Crippen molar-refractivity contribution in [3.05, 3.63) is 35.5 Å². The zero-order valence-electron chi connectivity index (χ0n) is 24.8. The molecule has 5 rings (SSSR count). The summed E-state index contributed by atoms with van der Waals surface area (Å²) in [6.07, 6.45) is 4.49. The Hall–Kier alpha value is -1.96. The molecule has 3 aliphatic rings. The Labute approximate surface area is 268 Å². The number of carbonyl (C=O) groups excluding carboxylic acids is 3. The first-order valence-corrected chi connectivity index (χ1v) is 15.8. The molecule has 42 heavy (non-hydrogen) atoms. The van der Waals surface area contributed by atoms with Crippen molar-refractivity contribution < 1.29 is 62.0 Å². The van der Waals surface area contributed by atoms with Crippen LogP contribution in [0, 0.1) is 30.1 Å². The largest absolute Gasteiger partial charge is 1.00 e. The number of aliphatic hydroxyl groups is 1. The molecule has 1 aromatic carbocycles. The van der Waals surface area contributed by atoms with Gasteiger partial charge in [-0.2, -0.15) is 0 Å². The summed E-state index contributed by atoms with van der Waals surface area (Å²) in [6, 6.07) is 4.43. The standard InChI is InChI=1S/C29H40N4O7S.Na/c1-15-9-8-12-20-18(15)13-21(31-20)25(34)32-23(17-10-6-5-7-11-17)27(36)33-14-19-22(29(19,3)4)24(33)26(35)30-16(2)28(37)41(38,39)40;/h8-9,12-13,16-17,19,22-24,28,31,37H,5-7,10-11,14H2,1-4H3,(H,30,35)(H,32,34)(H,38,39,40);/q;+1/p-1/t16-,19-,22-,23-,24-,28?;/m0./s1. The molecule has 1 unspecified atom stereocenters. The van der Waals surface area contributed by atoms with Gasteiger partial charge >= 0.3 is 29.6 Å². The maximum Gasteiger partial charge on any atom is 1.00 e. The summed E-state index contributed by atoms with van der Waals surface area (Å²) in [7, 11) is -5.05. The van der Waals surface area contributed by atoms with Crippen LogP contribution in [0.4, 0.5) is 0 Å². The van der Waals surface area contributed by atoms with Crippen molar-refractivity contribution in [2.24, 2.45) is 23.2 Å². The van der Waals surface area contributed by atoms with E-state index in [1.165, 1.54) is 11.8 Å². The normalized spacial score (nSPS) is 25.6. The topological polar surface area (TPSA) is 172 Å². The van der Waals surface area contributed by atoms with Crippen LogP contribution in [0.3, 0.4) is 0 Å². The predicted molar refractivity (Wildman–Crippen MR) is 150 cm³/mol. The van der Waals surface area contributed by atoms with E-state index in [0.717, 1.165) is 48.6 Å². The SMILES string of the molecule is Cc1cccc2[nH]c(C(=O)N[C@H](C(=O)N3C[C@H]4[C@@H]([C@H]3C(=O)N[C@@H](C)C(O)S(=O)(=O)[O-])C4(C)C)C3CCCCC3)cc12.[Na+]. The van der Waals surface area contributed by atoms with Gasteiger partial charge in [-0.05, 0) is 67.6 Å². The molecule has 224 valence electrons. The number of amides is 3. The number of benzene rings is 1. The van der Waals surface area contributed by atoms with Gasteiger partial charge in [-0.25, -0.2) is 8.42 Å². The van der Waals surface area contributed by atoms with Gasteiger partial charge in [0, 0.05) is 17.4 Å². The predicted octanol–water partition coefficient (Wildman–Crippen LogP) is -0.990. The molecule has 2 aromatic rings. The molecule has 2 heterocycles. The summed E-state index contributed by atoms with van der Waals surface area (Å²) < 4.78 is 34.0. The molecular formula is C29H39N4NaO7S. The summed E-state index contributed by atoms with van der Waals surface area (Å²) in [5, 5.41) is 16.3. The van der Waals surface area contributed by atoms with E-state index in [1.807, 2.05) is 39.0 Å². The van der Waals surface area contributed by atoms with E-state index in [0.29, 0.717) is 12.2 Å². The van der Waals surface area contributed by atoms with Gasteiger partial charge < -0.3 is 30.2 Å². The van der Waals surface area contributed by atoms with Gasteiger partial charge in [0.15, 0.2) is 5.44 Å². The molecule has 0 radical (unpaired) electrons. The van der Waals surface area contributed by atoms with Crippen LogP contribution in [0.5, 0.6) is 0 Å². The average Bonchev–Trinajstić information content (AvgIpc) is 3.31. The van der Waals surface area contributed by atoms with Crippen molar-refractivity contribution >= 4 is 38.7 Å². The number of fused-ring (bicyclic) bond motifs is 2. The second kappa shape index (κ2) is 12.2. The number of piperidine rings is 1. The molecule has 4 N–H and O–H groups in total. The molecule has 2 saturated carbocycles. The molecular weight excluding hydrogens is 571 g/mol. The van der Waals surface area contributed by atoms with Gasteiger partial charge in [-0.15, -0.1) is 0 Å². The number of carbonyl (C=O) groups is 3. The smallest absolute Gasteiger partial charge is 0.746 e. The van der Waals surface area contributed by atoms with Gasteiger partial charge in [-0.1, -0.05) is 45.2 Å². The summed E-state index contributed by atoms with van der Waals surface area (Å²) >= 11 is 0. The van der Waals surface area contributed by atoms with Crippen molar-refractivity contribution in [3.8, 4) is 0 Å². The molecule has 1 saturated heterocycles.